The number of benzene rings is 2. The van der Waals surface area contributed by atoms with E-state index in [1.165, 1.54) is 0 Å². The van der Waals surface area contributed by atoms with E-state index in [9.17, 15) is 19.3 Å². The third kappa shape index (κ3) is 4.17. The first-order valence-electron chi connectivity index (χ1n) is 8.19. The smallest absolute Gasteiger partial charge is 0.295 e. The van der Waals surface area contributed by atoms with Crippen LogP contribution in [0, 0.1) is 22.9 Å². The lowest BCUT2D eigenvalue weighted by Gasteiger charge is -2.07. The average molecular weight is 401 g/mol. The molecule has 2 aromatic carbocycles. The molecular formula is C18H16FN5O3S. The summed E-state index contributed by atoms with van der Waals surface area (Å²) >= 11 is 1.15. The number of amides is 1. The molecule has 1 aromatic heterocycles. The van der Waals surface area contributed by atoms with Crippen molar-refractivity contribution < 1.29 is 14.1 Å². The summed E-state index contributed by atoms with van der Waals surface area (Å²) in [4.78, 5) is 22.4. The van der Waals surface area contributed by atoms with Crippen LogP contribution in [-0.4, -0.2) is 31.3 Å². The zero-order valence-electron chi connectivity index (χ0n) is 15.0. The molecule has 10 heteroatoms. The Kier molecular flexibility index (Phi) is 5.69. The first-order chi connectivity index (χ1) is 13.4. The highest BCUT2D eigenvalue weighted by molar-refractivity contribution is 7.99. The maximum absolute atomic E-state index is 13.2. The highest BCUT2D eigenvalue weighted by Crippen LogP contribution is 2.27. The van der Waals surface area contributed by atoms with Crippen LogP contribution >= 0.6 is 11.8 Å². The van der Waals surface area contributed by atoms with E-state index in [1.807, 2.05) is 31.2 Å². The number of nitrogens with zero attached hydrogens (tertiary/aromatic N) is 4. The van der Waals surface area contributed by atoms with Gasteiger partial charge in [0.05, 0.1) is 16.7 Å². The Morgan fingerprint density at radius 2 is 2.04 bits per heavy atom. The van der Waals surface area contributed by atoms with Gasteiger partial charge in [0, 0.05) is 12.6 Å². The van der Waals surface area contributed by atoms with Gasteiger partial charge in [-0.1, -0.05) is 36.0 Å². The van der Waals surface area contributed by atoms with E-state index < -0.39 is 22.3 Å². The molecule has 3 aromatic rings. The molecule has 1 heterocycles. The molecule has 0 spiro atoms. The number of thioether (sulfide) groups is 1. The predicted molar refractivity (Wildman–Crippen MR) is 104 cm³/mol. The van der Waals surface area contributed by atoms with Crippen molar-refractivity contribution in [1.82, 2.24) is 14.8 Å². The van der Waals surface area contributed by atoms with E-state index in [2.05, 4.69) is 15.5 Å². The van der Waals surface area contributed by atoms with Crippen LogP contribution in [0.25, 0.3) is 11.4 Å². The van der Waals surface area contributed by atoms with Crippen molar-refractivity contribution in [1.29, 1.82) is 0 Å². The Hall–Kier alpha value is -3.27. The molecule has 8 nitrogen and oxygen atoms in total. The van der Waals surface area contributed by atoms with Crippen molar-refractivity contribution in [3.8, 4) is 11.4 Å². The van der Waals surface area contributed by atoms with Gasteiger partial charge in [-0.25, -0.2) is 4.39 Å². The van der Waals surface area contributed by atoms with Crippen molar-refractivity contribution >= 4 is 29.0 Å². The van der Waals surface area contributed by atoms with Crippen LogP contribution in [0.5, 0.6) is 0 Å². The van der Waals surface area contributed by atoms with Gasteiger partial charge in [-0.2, -0.15) is 0 Å². The quantitative estimate of drug-likeness (QED) is 0.385. The van der Waals surface area contributed by atoms with Crippen molar-refractivity contribution in [2.45, 2.75) is 12.1 Å². The molecule has 0 fully saturated rings. The van der Waals surface area contributed by atoms with Gasteiger partial charge in [0.15, 0.2) is 11.0 Å². The van der Waals surface area contributed by atoms with Crippen molar-refractivity contribution in [2.75, 3.05) is 11.1 Å². The number of carbonyl (C=O) groups excluding carboxylic acids is 1. The number of hydrogen-bond donors (Lipinski definition) is 1. The number of hydrogen-bond acceptors (Lipinski definition) is 6. The average Bonchev–Trinajstić information content (AvgIpc) is 3.02. The second kappa shape index (κ2) is 8.17. The van der Waals surface area contributed by atoms with Crippen LogP contribution in [-0.2, 0) is 11.8 Å². The van der Waals surface area contributed by atoms with Crippen LogP contribution in [0.15, 0.2) is 47.6 Å². The minimum atomic E-state index is -0.748. The Morgan fingerprint density at radius 3 is 2.75 bits per heavy atom. The SMILES string of the molecule is Cc1ccccc1-c1nnc(SCC(=O)Nc2ccc(F)cc2[N+](=O)[O-])n1C. The number of nitro benzene ring substituents is 1. The lowest BCUT2D eigenvalue weighted by molar-refractivity contribution is -0.384. The molecular weight excluding hydrogens is 385 g/mol. The third-order valence-corrected chi connectivity index (χ3v) is 5.00. The molecule has 144 valence electrons. The zero-order chi connectivity index (χ0) is 20.3. The Morgan fingerprint density at radius 1 is 1.29 bits per heavy atom. The van der Waals surface area contributed by atoms with Crippen LogP contribution in [0.2, 0.25) is 0 Å². The molecule has 0 unspecified atom stereocenters. The second-order valence-electron chi connectivity index (χ2n) is 5.94. The van der Waals surface area contributed by atoms with Crippen LogP contribution in [0.1, 0.15) is 5.56 Å². The number of halogens is 1. The standard InChI is InChI=1S/C18H16FN5O3S/c1-11-5-3-4-6-13(11)17-21-22-18(23(17)2)28-10-16(25)20-14-8-7-12(19)9-15(14)24(26)27/h3-9H,10H2,1-2H3,(H,20,25). The summed E-state index contributed by atoms with van der Waals surface area (Å²) in [5.74, 6) is -0.578. The number of nitro groups is 1. The Labute approximate surface area is 163 Å². The summed E-state index contributed by atoms with van der Waals surface area (Å²) in [6.45, 7) is 1.97. The van der Waals surface area contributed by atoms with Gasteiger partial charge in [-0.05, 0) is 24.6 Å². The molecule has 0 atom stereocenters. The van der Waals surface area contributed by atoms with Gasteiger partial charge in [0.1, 0.15) is 11.5 Å². The fourth-order valence-electron chi connectivity index (χ4n) is 2.58. The second-order valence-corrected chi connectivity index (χ2v) is 6.88. The summed E-state index contributed by atoms with van der Waals surface area (Å²) < 4.78 is 15.0. The van der Waals surface area contributed by atoms with Gasteiger partial charge in [-0.3, -0.25) is 14.9 Å². The first-order valence-corrected chi connectivity index (χ1v) is 9.17. The minimum absolute atomic E-state index is 0.0335. The molecule has 0 saturated carbocycles. The normalized spacial score (nSPS) is 10.7. The van der Waals surface area contributed by atoms with Gasteiger partial charge in [-0.15, -0.1) is 10.2 Å². The maximum atomic E-state index is 13.2. The topological polar surface area (TPSA) is 103 Å². The first kappa shape index (κ1) is 19.5. The van der Waals surface area contributed by atoms with E-state index in [0.717, 1.165) is 41.1 Å². The van der Waals surface area contributed by atoms with E-state index in [4.69, 9.17) is 0 Å². The molecule has 3 rings (SSSR count). The van der Waals surface area contributed by atoms with E-state index in [1.54, 1.807) is 11.6 Å². The molecule has 1 amide bonds. The third-order valence-electron chi connectivity index (χ3n) is 3.98. The molecule has 0 bridgehead atoms. The largest absolute Gasteiger partial charge is 0.320 e. The highest BCUT2D eigenvalue weighted by atomic mass is 32.2. The molecule has 0 aliphatic rings. The van der Waals surface area contributed by atoms with E-state index >= 15 is 0 Å². The lowest BCUT2D eigenvalue weighted by Crippen LogP contribution is -2.15. The summed E-state index contributed by atoms with van der Waals surface area (Å²) in [6.07, 6.45) is 0. The number of aryl methyl sites for hydroxylation is 1. The zero-order valence-corrected chi connectivity index (χ0v) is 15.9. The number of aromatic nitrogens is 3. The molecule has 0 aliphatic carbocycles. The summed E-state index contributed by atoms with van der Waals surface area (Å²) in [7, 11) is 1.80. The highest BCUT2D eigenvalue weighted by Gasteiger charge is 2.18. The molecule has 1 N–H and O–H groups in total. The molecule has 0 aliphatic heterocycles. The monoisotopic (exact) mass is 401 g/mol. The van der Waals surface area contributed by atoms with Crippen molar-refractivity contribution in [2.24, 2.45) is 7.05 Å². The predicted octanol–water partition coefficient (Wildman–Crippen LogP) is 3.57. The minimum Gasteiger partial charge on any atom is -0.320 e. The van der Waals surface area contributed by atoms with E-state index in [0.29, 0.717) is 11.0 Å². The molecule has 0 radical (unpaired) electrons. The molecule has 0 saturated heterocycles. The lowest BCUT2D eigenvalue weighted by atomic mass is 10.1. The van der Waals surface area contributed by atoms with Gasteiger partial charge < -0.3 is 9.88 Å². The fourth-order valence-corrected chi connectivity index (χ4v) is 3.29. The Balaban J connectivity index is 1.70. The van der Waals surface area contributed by atoms with Gasteiger partial charge >= 0.3 is 0 Å². The van der Waals surface area contributed by atoms with Crippen LogP contribution in [0.4, 0.5) is 15.8 Å². The number of rotatable bonds is 6. The fraction of sp³-hybridized carbons (Fsp3) is 0.167. The number of anilines is 1. The van der Waals surface area contributed by atoms with Gasteiger partial charge in [0.2, 0.25) is 5.91 Å². The maximum Gasteiger partial charge on any atom is 0.295 e. The van der Waals surface area contributed by atoms with Crippen LogP contribution < -0.4 is 5.32 Å². The molecule has 28 heavy (non-hydrogen) atoms. The summed E-state index contributed by atoms with van der Waals surface area (Å²) in [6, 6.07) is 10.7. The van der Waals surface area contributed by atoms with Crippen molar-refractivity contribution in [3.05, 3.63) is 64.0 Å². The summed E-state index contributed by atoms with van der Waals surface area (Å²) in [5.41, 5.74) is 1.43. The van der Waals surface area contributed by atoms with E-state index in [-0.39, 0.29) is 11.4 Å². The number of nitrogens with one attached hydrogen (secondary N) is 1. The van der Waals surface area contributed by atoms with Crippen LogP contribution in [0.3, 0.4) is 0 Å². The van der Waals surface area contributed by atoms with Gasteiger partial charge in [0.25, 0.3) is 5.69 Å². The summed E-state index contributed by atoms with van der Waals surface area (Å²) in [5, 5.41) is 22.3. The number of carbonyl (C=O) groups is 1. The Bertz CT molecular complexity index is 1050. The van der Waals surface area contributed by atoms with Crippen molar-refractivity contribution in [3.63, 3.8) is 0 Å².